The highest BCUT2D eigenvalue weighted by molar-refractivity contribution is 9.09. The van der Waals surface area contributed by atoms with Gasteiger partial charge in [0.25, 0.3) is 0 Å². The van der Waals surface area contributed by atoms with E-state index >= 15 is 0 Å². The first kappa shape index (κ1) is 15.7. The Morgan fingerprint density at radius 3 is 2.65 bits per heavy atom. The number of carbonyl (C=O) groups excluding carboxylic acids is 2. The molecule has 1 heterocycles. The molecular formula is C18H16BrNO3. The number of ketones is 1. The van der Waals surface area contributed by atoms with Crippen LogP contribution in [0.15, 0.2) is 42.5 Å². The molecule has 0 saturated heterocycles. The van der Waals surface area contributed by atoms with E-state index in [1.807, 2.05) is 30.3 Å². The second kappa shape index (κ2) is 6.96. The van der Waals surface area contributed by atoms with E-state index in [1.165, 1.54) is 0 Å². The van der Waals surface area contributed by atoms with Crippen molar-refractivity contribution in [3.05, 3.63) is 59.2 Å². The van der Waals surface area contributed by atoms with Gasteiger partial charge in [0.2, 0.25) is 5.91 Å². The van der Waals surface area contributed by atoms with Crippen molar-refractivity contribution in [2.45, 2.75) is 19.4 Å². The first-order valence-corrected chi connectivity index (χ1v) is 8.53. The number of amides is 1. The molecule has 5 heteroatoms. The number of anilines is 1. The Hall–Kier alpha value is -2.14. The number of benzene rings is 2. The van der Waals surface area contributed by atoms with Crippen molar-refractivity contribution in [3.8, 4) is 5.75 Å². The summed E-state index contributed by atoms with van der Waals surface area (Å²) in [6.45, 7) is 0.412. The zero-order chi connectivity index (χ0) is 16.2. The van der Waals surface area contributed by atoms with Crippen molar-refractivity contribution in [2.24, 2.45) is 0 Å². The molecule has 0 unspecified atom stereocenters. The van der Waals surface area contributed by atoms with E-state index in [1.54, 1.807) is 12.1 Å². The van der Waals surface area contributed by atoms with Crippen molar-refractivity contribution < 1.29 is 14.3 Å². The van der Waals surface area contributed by atoms with E-state index in [0.717, 1.165) is 11.1 Å². The molecule has 1 aliphatic heterocycles. The summed E-state index contributed by atoms with van der Waals surface area (Å²) in [5.41, 5.74) is 3.18. The minimum atomic E-state index is -0.0505. The maximum Gasteiger partial charge on any atom is 0.224 e. The highest BCUT2D eigenvalue weighted by atomic mass is 79.9. The molecule has 1 amide bonds. The molecule has 0 aliphatic carbocycles. The SMILES string of the molecule is O=C1CCc2c(C(=O)CBr)ccc(OCc3ccccc3)c2N1. The summed E-state index contributed by atoms with van der Waals surface area (Å²) >= 11 is 3.20. The molecule has 0 aromatic heterocycles. The summed E-state index contributed by atoms with van der Waals surface area (Å²) in [6, 6.07) is 13.3. The normalized spacial score (nSPS) is 13.2. The number of hydrogen-bond donors (Lipinski definition) is 1. The van der Waals surface area contributed by atoms with Crippen molar-refractivity contribution in [2.75, 3.05) is 10.6 Å². The van der Waals surface area contributed by atoms with Crippen molar-refractivity contribution in [1.29, 1.82) is 0 Å². The number of ether oxygens (including phenoxy) is 1. The monoisotopic (exact) mass is 373 g/mol. The molecule has 23 heavy (non-hydrogen) atoms. The Balaban J connectivity index is 1.91. The molecule has 0 bridgehead atoms. The summed E-state index contributed by atoms with van der Waals surface area (Å²) in [5, 5.41) is 3.11. The standard InChI is InChI=1S/C18H16BrNO3/c19-10-15(21)13-6-8-16(18-14(13)7-9-17(22)20-18)23-11-12-4-2-1-3-5-12/h1-6,8H,7,9-11H2,(H,20,22). The van der Waals surface area contributed by atoms with Crippen molar-refractivity contribution in [3.63, 3.8) is 0 Å². The van der Waals surface area contributed by atoms with Crippen molar-refractivity contribution in [1.82, 2.24) is 0 Å². The molecule has 1 aliphatic rings. The molecule has 4 nitrogen and oxygen atoms in total. The molecular weight excluding hydrogens is 358 g/mol. The maximum absolute atomic E-state index is 12.1. The molecule has 3 rings (SSSR count). The van der Waals surface area contributed by atoms with Crippen molar-refractivity contribution >= 4 is 33.3 Å². The highest BCUT2D eigenvalue weighted by Gasteiger charge is 2.24. The predicted octanol–water partition coefficient (Wildman–Crippen LogP) is 3.73. The lowest BCUT2D eigenvalue weighted by Gasteiger charge is -2.22. The van der Waals surface area contributed by atoms with Gasteiger partial charge in [-0.15, -0.1) is 0 Å². The van der Waals surface area contributed by atoms with Crippen LogP contribution >= 0.6 is 15.9 Å². The summed E-state index contributed by atoms with van der Waals surface area (Å²) in [6.07, 6.45) is 0.940. The van der Waals surface area contributed by atoms with Gasteiger partial charge in [0.05, 0.1) is 11.0 Å². The van der Waals surface area contributed by atoms with Crippen LogP contribution in [0.2, 0.25) is 0 Å². The molecule has 0 spiro atoms. The number of alkyl halides is 1. The number of rotatable bonds is 5. The second-order valence-corrected chi connectivity index (χ2v) is 5.90. The van der Waals surface area contributed by atoms with Crippen LogP contribution in [0.1, 0.15) is 27.9 Å². The van der Waals surface area contributed by atoms with Crippen LogP contribution in [0.25, 0.3) is 0 Å². The topological polar surface area (TPSA) is 55.4 Å². The lowest BCUT2D eigenvalue weighted by molar-refractivity contribution is -0.116. The zero-order valence-electron chi connectivity index (χ0n) is 12.5. The summed E-state index contributed by atoms with van der Waals surface area (Å²) in [7, 11) is 0. The fourth-order valence-corrected chi connectivity index (χ4v) is 2.95. The molecule has 2 aromatic rings. The number of hydrogen-bond acceptors (Lipinski definition) is 3. The Morgan fingerprint density at radius 2 is 1.91 bits per heavy atom. The minimum absolute atomic E-state index is 0.00649. The Bertz CT molecular complexity index is 743. The number of fused-ring (bicyclic) bond motifs is 1. The Kier molecular flexibility index (Phi) is 4.76. The van der Waals surface area contributed by atoms with Crippen LogP contribution in [0.4, 0.5) is 5.69 Å². The van der Waals surface area contributed by atoms with E-state index in [0.29, 0.717) is 36.4 Å². The largest absolute Gasteiger partial charge is 0.487 e. The summed E-state index contributed by atoms with van der Waals surface area (Å²) in [4.78, 5) is 23.8. The van der Waals surface area contributed by atoms with Gasteiger partial charge in [-0.3, -0.25) is 9.59 Å². The highest BCUT2D eigenvalue weighted by Crippen LogP contribution is 2.36. The summed E-state index contributed by atoms with van der Waals surface area (Å²) in [5.74, 6) is 0.556. The molecule has 118 valence electrons. The quantitative estimate of drug-likeness (QED) is 0.641. The van der Waals surface area contributed by atoms with E-state index in [-0.39, 0.29) is 17.0 Å². The molecule has 2 aromatic carbocycles. The average molecular weight is 374 g/mol. The fraction of sp³-hybridized carbons (Fsp3) is 0.222. The lowest BCUT2D eigenvalue weighted by atomic mass is 9.94. The van der Waals surface area contributed by atoms with Gasteiger partial charge < -0.3 is 10.1 Å². The number of carbonyl (C=O) groups is 2. The van der Waals surface area contributed by atoms with E-state index in [9.17, 15) is 9.59 Å². The third-order valence-corrected chi connectivity index (χ3v) is 4.31. The first-order chi connectivity index (χ1) is 11.2. The van der Waals surface area contributed by atoms with Crippen LogP contribution in [0, 0.1) is 0 Å². The van der Waals surface area contributed by atoms with Gasteiger partial charge in [-0.2, -0.15) is 0 Å². The van der Waals surface area contributed by atoms with Crippen LogP contribution in [-0.2, 0) is 17.8 Å². The van der Waals surface area contributed by atoms with Crippen LogP contribution in [0.3, 0.4) is 0 Å². The summed E-state index contributed by atoms with van der Waals surface area (Å²) < 4.78 is 5.87. The molecule has 0 saturated carbocycles. The predicted molar refractivity (Wildman–Crippen MR) is 92.3 cm³/mol. The van der Waals surface area contributed by atoms with E-state index in [4.69, 9.17) is 4.74 Å². The van der Waals surface area contributed by atoms with Gasteiger partial charge in [0.15, 0.2) is 5.78 Å². The van der Waals surface area contributed by atoms with E-state index in [2.05, 4.69) is 21.2 Å². The zero-order valence-corrected chi connectivity index (χ0v) is 14.1. The van der Waals surface area contributed by atoms with Gasteiger partial charge in [0, 0.05) is 12.0 Å². The van der Waals surface area contributed by atoms with E-state index < -0.39 is 0 Å². The van der Waals surface area contributed by atoms with Gasteiger partial charge in [0.1, 0.15) is 12.4 Å². The third kappa shape index (κ3) is 3.45. The van der Waals surface area contributed by atoms with Gasteiger partial charge in [-0.1, -0.05) is 46.3 Å². The van der Waals surface area contributed by atoms with Crippen LogP contribution in [0.5, 0.6) is 5.75 Å². The number of Topliss-reactive ketones (excluding diaryl/α,β-unsaturated/α-hetero) is 1. The van der Waals surface area contributed by atoms with Gasteiger partial charge in [-0.05, 0) is 29.7 Å². The fourth-order valence-electron chi connectivity index (χ4n) is 2.65. The van der Waals surface area contributed by atoms with Gasteiger partial charge >= 0.3 is 0 Å². The number of nitrogens with one attached hydrogen (secondary N) is 1. The second-order valence-electron chi connectivity index (χ2n) is 5.34. The smallest absolute Gasteiger partial charge is 0.224 e. The number of halogens is 1. The molecule has 0 fully saturated rings. The Labute approximate surface area is 143 Å². The molecule has 1 N–H and O–H groups in total. The Morgan fingerprint density at radius 1 is 1.13 bits per heavy atom. The average Bonchev–Trinajstić information content (AvgIpc) is 2.59. The van der Waals surface area contributed by atoms with Crippen LogP contribution in [-0.4, -0.2) is 17.0 Å². The van der Waals surface area contributed by atoms with Gasteiger partial charge in [-0.25, -0.2) is 0 Å². The lowest BCUT2D eigenvalue weighted by Crippen LogP contribution is -2.22. The third-order valence-electron chi connectivity index (χ3n) is 3.80. The molecule has 0 radical (unpaired) electrons. The first-order valence-electron chi connectivity index (χ1n) is 7.40. The maximum atomic E-state index is 12.1. The molecule has 0 atom stereocenters. The minimum Gasteiger partial charge on any atom is -0.487 e. The van der Waals surface area contributed by atoms with Crippen LogP contribution < -0.4 is 10.1 Å².